The van der Waals surface area contributed by atoms with Crippen LogP contribution in [0.2, 0.25) is 0 Å². The Hall–Kier alpha value is -2.41. The molecule has 144 valence electrons. The smallest absolute Gasteiger partial charge is 0.253 e. The maximum atomic E-state index is 13.3. The number of guanidine groups is 1. The summed E-state index contributed by atoms with van der Waals surface area (Å²) in [7, 11) is 5.18. The number of carbonyl (C=O) groups excluding carboxylic acids is 1. The Bertz CT molecular complexity index is 806. The van der Waals surface area contributed by atoms with Gasteiger partial charge in [-0.2, -0.15) is 0 Å². The first kappa shape index (κ1) is 20.9. The summed E-state index contributed by atoms with van der Waals surface area (Å²) < 4.78 is 13.7. The van der Waals surface area contributed by atoms with Gasteiger partial charge in [-0.3, -0.25) is 9.79 Å². The van der Waals surface area contributed by atoms with Gasteiger partial charge in [-0.1, -0.05) is 18.2 Å². The number of halogens is 2. The van der Waals surface area contributed by atoms with Crippen molar-refractivity contribution in [3.05, 3.63) is 69.4 Å². The molecule has 0 bridgehead atoms. The van der Waals surface area contributed by atoms with Crippen LogP contribution < -0.4 is 10.6 Å². The second-order valence-electron chi connectivity index (χ2n) is 6.25. The van der Waals surface area contributed by atoms with Gasteiger partial charge in [0.15, 0.2) is 5.96 Å². The molecule has 2 rings (SSSR count). The SMILES string of the molecule is CN=C(NCCc1ccc(F)c(Br)c1)NCc1ccc(C(=O)N(C)C)cc1. The van der Waals surface area contributed by atoms with Crippen LogP contribution in [0.25, 0.3) is 0 Å². The number of nitrogens with one attached hydrogen (secondary N) is 2. The van der Waals surface area contributed by atoms with E-state index in [9.17, 15) is 9.18 Å². The third kappa shape index (κ3) is 6.36. The number of amides is 1. The molecule has 0 saturated carbocycles. The summed E-state index contributed by atoms with van der Waals surface area (Å²) in [4.78, 5) is 17.7. The van der Waals surface area contributed by atoms with E-state index in [4.69, 9.17) is 0 Å². The van der Waals surface area contributed by atoms with E-state index in [1.807, 2.05) is 24.3 Å². The summed E-state index contributed by atoms with van der Waals surface area (Å²) in [5.41, 5.74) is 2.75. The van der Waals surface area contributed by atoms with Gasteiger partial charge < -0.3 is 15.5 Å². The highest BCUT2D eigenvalue weighted by Crippen LogP contribution is 2.16. The van der Waals surface area contributed by atoms with Gasteiger partial charge in [-0.15, -0.1) is 0 Å². The monoisotopic (exact) mass is 434 g/mol. The molecule has 0 atom stereocenters. The van der Waals surface area contributed by atoms with Crippen LogP contribution >= 0.6 is 15.9 Å². The van der Waals surface area contributed by atoms with Crippen LogP contribution in [0.4, 0.5) is 4.39 Å². The lowest BCUT2D eigenvalue weighted by molar-refractivity contribution is 0.0827. The van der Waals surface area contributed by atoms with Crippen LogP contribution in [0.5, 0.6) is 0 Å². The van der Waals surface area contributed by atoms with Gasteiger partial charge in [0, 0.05) is 39.8 Å². The molecule has 0 aliphatic carbocycles. The van der Waals surface area contributed by atoms with E-state index < -0.39 is 0 Å². The predicted molar refractivity (Wildman–Crippen MR) is 110 cm³/mol. The van der Waals surface area contributed by atoms with Crippen LogP contribution in [0, 0.1) is 5.82 Å². The van der Waals surface area contributed by atoms with Crippen molar-refractivity contribution in [2.45, 2.75) is 13.0 Å². The summed E-state index contributed by atoms with van der Waals surface area (Å²) in [6.07, 6.45) is 0.751. The Morgan fingerprint density at radius 3 is 2.37 bits per heavy atom. The summed E-state index contributed by atoms with van der Waals surface area (Å²) >= 11 is 3.20. The third-order valence-corrected chi connectivity index (χ3v) is 4.59. The van der Waals surface area contributed by atoms with E-state index in [0.717, 1.165) is 17.5 Å². The molecule has 0 unspecified atom stereocenters. The molecule has 0 saturated heterocycles. The maximum Gasteiger partial charge on any atom is 0.253 e. The summed E-state index contributed by atoms with van der Waals surface area (Å²) in [6, 6.07) is 12.5. The second kappa shape index (κ2) is 10.1. The topological polar surface area (TPSA) is 56.7 Å². The van der Waals surface area contributed by atoms with Crippen LogP contribution in [0.15, 0.2) is 51.9 Å². The number of rotatable bonds is 6. The predicted octanol–water partition coefficient (Wildman–Crippen LogP) is 3.20. The van der Waals surface area contributed by atoms with Crippen molar-refractivity contribution in [1.82, 2.24) is 15.5 Å². The molecule has 7 heteroatoms. The molecule has 1 amide bonds. The number of aliphatic imine (C=N–C) groups is 1. The first-order chi connectivity index (χ1) is 12.9. The summed E-state index contributed by atoms with van der Waals surface area (Å²) in [5.74, 6) is 0.409. The minimum atomic E-state index is -0.262. The van der Waals surface area contributed by atoms with Crippen molar-refractivity contribution in [3.8, 4) is 0 Å². The minimum absolute atomic E-state index is 0.0144. The largest absolute Gasteiger partial charge is 0.356 e. The fourth-order valence-corrected chi connectivity index (χ4v) is 2.88. The quantitative estimate of drug-likeness (QED) is 0.542. The minimum Gasteiger partial charge on any atom is -0.356 e. The summed E-state index contributed by atoms with van der Waals surface area (Å²) in [5, 5.41) is 6.47. The van der Waals surface area contributed by atoms with E-state index >= 15 is 0 Å². The first-order valence-corrected chi connectivity index (χ1v) is 9.39. The Balaban J connectivity index is 1.81. The molecule has 0 aliphatic rings. The molecular weight excluding hydrogens is 411 g/mol. The Morgan fingerprint density at radius 1 is 1.11 bits per heavy atom. The standard InChI is InChI=1S/C20H24BrFN4O/c1-23-20(24-11-10-14-6-9-18(22)17(21)12-14)25-13-15-4-7-16(8-5-15)19(27)26(2)3/h4-9,12H,10-11,13H2,1-3H3,(H2,23,24,25). The van der Waals surface area contributed by atoms with Gasteiger partial charge >= 0.3 is 0 Å². The maximum absolute atomic E-state index is 13.3. The number of hydrogen-bond donors (Lipinski definition) is 2. The van der Waals surface area contributed by atoms with Crippen LogP contribution in [-0.2, 0) is 13.0 Å². The van der Waals surface area contributed by atoms with E-state index in [-0.39, 0.29) is 11.7 Å². The molecule has 5 nitrogen and oxygen atoms in total. The molecule has 2 aromatic carbocycles. The average Bonchev–Trinajstić information content (AvgIpc) is 2.67. The zero-order valence-corrected chi connectivity index (χ0v) is 17.3. The van der Waals surface area contributed by atoms with Gasteiger partial charge in [-0.05, 0) is 57.7 Å². The van der Waals surface area contributed by atoms with E-state index in [1.165, 1.54) is 6.07 Å². The zero-order valence-electron chi connectivity index (χ0n) is 15.7. The Labute approximate surface area is 167 Å². The second-order valence-corrected chi connectivity index (χ2v) is 7.10. The van der Waals surface area contributed by atoms with Crippen molar-refractivity contribution >= 4 is 27.8 Å². The molecule has 0 radical (unpaired) electrons. The Kier molecular flexibility index (Phi) is 7.79. The molecule has 0 aromatic heterocycles. The van der Waals surface area contributed by atoms with Gasteiger partial charge in [0.1, 0.15) is 5.82 Å². The van der Waals surface area contributed by atoms with Gasteiger partial charge in [-0.25, -0.2) is 4.39 Å². The van der Waals surface area contributed by atoms with Gasteiger partial charge in [0.25, 0.3) is 5.91 Å². The van der Waals surface area contributed by atoms with Gasteiger partial charge in [0.05, 0.1) is 4.47 Å². The molecule has 2 N–H and O–H groups in total. The summed E-state index contributed by atoms with van der Waals surface area (Å²) in [6.45, 7) is 1.27. The van der Waals surface area contributed by atoms with Gasteiger partial charge in [0.2, 0.25) is 0 Å². The number of benzene rings is 2. The van der Waals surface area contributed by atoms with Crippen molar-refractivity contribution < 1.29 is 9.18 Å². The fraction of sp³-hybridized carbons (Fsp3) is 0.300. The molecule has 2 aromatic rings. The highest BCUT2D eigenvalue weighted by Gasteiger charge is 2.07. The highest BCUT2D eigenvalue weighted by molar-refractivity contribution is 9.10. The lowest BCUT2D eigenvalue weighted by atomic mass is 10.1. The van der Waals surface area contributed by atoms with Crippen molar-refractivity contribution in [2.24, 2.45) is 4.99 Å². The molecular formula is C20H24BrFN4O. The number of hydrogen-bond acceptors (Lipinski definition) is 2. The zero-order chi connectivity index (χ0) is 19.8. The van der Waals surface area contributed by atoms with Crippen LogP contribution in [-0.4, -0.2) is 44.5 Å². The highest BCUT2D eigenvalue weighted by atomic mass is 79.9. The molecule has 0 heterocycles. The number of nitrogens with zero attached hydrogens (tertiary/aromatic N) is 2. The van der Waals surface area contributed by atoms with E-state index in [0.29, 0.717) is 29.1 Å². The van der Waals surface area contributed by atoms with Crippen LogP contribution in [0.3, 0.4) is 0 Å². The lowest BCUT2D eigenvalue weighted by Crippen LogP contribution is -2.37. The third-order valence-electron chi connectivity index (χ3n) is 3.98. The fourth-order valence-electron chi connectivity index (χ4n) is 2.45. The normalized spacial score (nSPS) is 11.2. The molecule has 0 spiro atoms. The molecule has 0 aliphatic heterocycles. The molecule has 27 heavy (non-hydrogen) atoms. The lowest BCUT2D eigenvalue weighted by Gasteiger charge is -2.13. The molecule has 0 fully saturated rings. The van der Waals surface area contributed by atoms with Crippen molar-refractivity contribution in [1.29, 1.82) is 0 Å². The van der Waals surface area contributed by atoms with E-state index in [1.54, 1.807) is 38.2 Å². The average molecular weight is 435 g/mol. The van der Waals surface area contributed by atoms with E-state index in [2.05, 4.69) is 31.6 Å². The van der Waals surface area contributed by atoms with Crippen LogP contribution in [0.1, 0.15) is 21.5 Å². The number of carbonyl (C=O) groups is 1. The Morgan fingerprint density at radius 2 is 1.78 bits per heavy atom. The first-order valence-electron chi connectivity index (χ1n) is 8.59. The van der Waals surface area contributed by atoms with Crippen molar-refractivity contribution in [3.63, 3.8) is 0 Å². The van der Waals surface area contributed by atoms with Crippen molar-refractivity contribution in [2.75, 3.05) is 27.7 Å².